The van der Waals surface area contributed by atoms with E-state index in [0.29, 0.717) is 13.0 Å². The molecule has 3 rings (SSSR count). The molecule has 1 saturated heterocycles. The van der Waals surface area contributed by atoms with Crippen molar-refractivity contribution in [2.45, 2.75) is 19.9 Å². The number of likely N-dealkylation sites (tertiary alicyclic amines) is 1. The molecule has 1 aliphatic heterocycles. The molecule has 1 aliphatic rings. The van der Waals surface area contributed by atoms with Crippen molar-refractivity contribution in [3.63, 3.8) is 0 Å². The van der Waals surface area contributed by atoms with Crippen molar-refractivity contribution in [3.05, 3.63) is 54.1 Å². The number of carboxylic acid groups (broad SMARTS) is 1. The Morgan fingerprint density at radius 2 is 1.92 bits per heavy atom. The molecule has 1 heterocycles. The van der Waals surface area contributed by atoms with Crippen molar-refractivity contribution >= 4 is 5.97 Å². The van der Waals surface area contributed by atoms with Crippen LogP contribution in [0, 0.1) is 5.41 Å². The van der Waals surface area contributed by atoms with Crippen LogP contribution >= 0.6 is 0 Å². The SMILES string of the molecule is COc1ccccc1-c1ccc(CN2CCC(C)(C(=O)O)C2)cc1. The third-order valence-electron chi connectivity index (χ3n) is 4.85. The first-order valence-electron chi connectivity index (χ1n) is 8.20. The van der Waals surface area contributed by atoms with Gasteiger partial charge in [0.2, 0.25) is 0 Å². The van der Waals surface area contributed by atoms with Crippen LogP contribution in [0.4, 0.5) is 0 Å². The number of benzene rings is 2. The fourth-order valence-corrected chi connectivity index (χ4v) is 3.30. The molecule has 1 N–H and O–H groups in total. The van der Waals surface area contributed by atoms with Gasteiger partial charge in [-0.05, 0) is 37.1 Å². The van der Waals surface area contributed by atoms with Crippen molar-refractivity contribution in [3.8, 4) is 16.9 Å². The number of methoxy groups -OCH3 is 1. The lowest BCUT2D eigenvalue weighted by Crippen LogP contribution is -2.31. The van der Waals surface area contributed by atoms with Crippen molar-refractivity contribution < 1.29 is 14.6 Å². The largest absolute Gasteiger partial charge is 0.496 e. The molecule has 0 spiro atoms. The van der Waals surface area contributed by atoms with E-state index in [1.54, 1.807) is 7.11 Å². The minimum absolute atomic E-state index is 0.608. The Kier molecular flexibility index (Phi) is 4.58. The molecule has 0 amide bonds. The van der Waals surface area contributed by atoms with Gasteiger partial charge in [-0.1, -0.05) is 42.5 Å². The third-order valence-corrected chi connectivity index (χ3v) is 4.85. The maximum Gasteiger partial charge on any atom is 0.310 e. The summed E-state index contributed by atoms with van der Waals surface area (Å²) in [6, 6.07) is 16.4. The van der Waals surface area contributed by atoms with Crippen LogP contribution in [0.25, 0.3) is 11.1 Å². The summed E-state index contributed by atoms with van der Waals surface area (Å²) < 4.78 is 5.42. The average Bonchev–Trinajstić information content (AvgIpc) is 2.98. The van der Waals surface area contributed by atoms with Gasteiger partial charge in [-0.15, -0.1) is 0 Å². The van der Waals surface area contributed by atoms with E-state index in [0.717, 1.165) is 30.0 Å². The van der Waals surface area contributed by atoms with E-state index in [1.807, 2.05) is 31.2 Å². The van der Waals surface area contributed by atoms with Gasteiger partial charge in [-0.3, -0.25) is 9.69 Å². The molecular weight excluding hydrogens is 302 g/mol. The third kappa shape index (κ3) is 3.29. The van der Waals surface area contributed by atoms with Gasteiger partial charge in [-0.25, -0.2) is 0 Å². The van der Waals surface area contributed by atoms with Gasteiger partial charge in [-0.2, -0.15) is 0 Å². The predicted octanol–water partition coefficient (Wildman–Crippen LogP) is 3.66. The molecule has 4 nitrogen and oxygen atoms in total. The Hall–Kier alpha value is -2.33. The van der Waals surface area contributed by atoms with E-state index in [4.69, 9.17) is 4.74 Å². The quantitative estimate of drug-likeness (QED) is 0.911. The van der Waals surface area contributed by atoms with Gasteiger partial charge >= 0.3 is 5.97 Å². The fourth-order valence-electron chi connectivity index (χ4n) is 3.30. The summed E-state index contributed by atoms with van der Waals surface area (Å²) in [5, 5.41) is 9.33. The zero-order valence-corrected chi connectivity index (χ0v) is 14.2. The van der Waals surface area contributed by atoms with Gasteiger partial charge in [0.1, 0.15) is 5.75 Å². The molecule has 0 aliphatic carbocycles. The van der Waals surface area contributed by atoms with Crippen molar-refractivity contribution in [2.75, 3.05) is 20.2 Å². The highest BCUT2D eigenvalue weighted by atomic mass is 16.5. The Morgan fingerprint density at radius 1 is 1.21 bits per heavy atom. The molecule has 2 aromatic carbocycles. The number of nitrogens with zero attached hydrogens (tertiary/aromatic N) is 1. The van der Waals surface area contributed by atoms with E-state index in [1.165, 1.54) is 5.56 Å². The molecule has 0 radical (unpaired) electrons. The molecule has 2 aromatic rings. The maximum absolute atomic E-state index is 11.3. The van der Waals surface area contributed by atoms with Crippen LogP contribution in [0.15, 0.2) is 48.5 Å². The van der Waals surface area contributed by atoms with Crippen LogP contribution in [0.2, 0.25) is 0 Å². The normalized spacial score (nSPS) is 20.9. The van der Waals surface area contributed by atoms with Gasteiger partial charge in [0, 0.05) is 18.7 Å². The Labute approximate surface area is 142 Å². The predicted molar refractivity (Wildman–Crippen MR) is 94.1 cm³/mol. The summed E-state index contributed by atoms with van der Waals surface area (Å²) in [5.74, 6) is 0.165. The second-order valence-electron chi connectivity index (χ2n) is 6.72. The minimum Gasteiger partial charge on any atom is -0.496 e. The van der Waals surface area contributed by atoms with E-state index in [9.17, 15) is 9.90 Å². The number of hydrogen-bond donors (Lipinski definition) is 1. The number of carboxylic acids is 1. The highest BCUT2D eigenvalue weighted by Crippen LogP contribution is 2.32. The number of carbonyl (C=O) groups is 1. The second kappa shape index (κ2) is 6.65. The number of rotatable bonds is 5. The van der Waals surface area contributed by atoms with Gasteiger partial charge in [0.05, 0.1) is 12.5 Å². The zero-order valence-electron chi connectivity index (χ0n) is 14.2. The van der Waals surface area contributed by atoms with Gasteiger partial charge in [0.25, 0.3) is 0 Å². The summed E-state index contributed by atoms with van der Waals surface area (Å²) in [7, 11) is 1.68. The van der Waals surface area contributed by atoms with Crippen molar-refractivity contribution in [1.29, 1.82) is 0 Å². The van der Waals surface area contributed by atoms with E-state index < -0.39 is 11.4 Å². The summed E-state index contributed by atoms with van der Waals surface area (Å²) in [6.45, 7) is 4.06. The van der Waals surface area contributed by atoms with E-state index in [2.05, 4.69) is 29.2 Å². The Morgan fingerprint density at radius 3 is 2.54 bits per heavy atom. The van der Waals surface area contributed by atoms with Crippen molar-refractivity contribution in [1.82, 2.24) is 4.90 Å². The summed E-state index contributed by atoms with van der Waals surface area (Å²) in [5.41, 5.74) is 2.78. The van der Waals surface area contributed by atoms with E-state index >= 15 is 0 Å². The molecule has 0 bridgehead atoms. The number of ether oxygens (including phenoxy) is 1. The Balaban J connectivity index is 1.71. The Bertz CT molecular complexity index is 726. The smallest absolute Gasteiger partial charge is 0.310 e. The van der Waals surface area contributed by atoms with Gasteiger partial charge in [0.15, 0.2) is 0 Å². The van der Waals surface area contributed by atoms with Crippen LogP contribution in [-0.4, -0.2) is 36.2 Å². The number of aliphatic carboxylic acids is 1. The van der Waals surface area contributed by atoms with Gasteiger partial charge < -0.3 is 9.84 Å². The molecule has 1 fully saturated rings. The number of hydrogen-bond acceptors (Lipinski definition) is 3. The molecule has 4 heteroatoms. The molecule has 0 aromatic heterocycles. The van der Waals surface area contributed by atoms with E-state index in [-0.39, 0.29) is 0 Å². The van der Waals surface area contributed by atoms with Crippen LogP contribution < -0.4 is 4.74 Å². The lowest BCUT2D eigenvalue weighted by Gasteiger charge is -2.20. The standard InChI is InChI=1S/C20H23NO3/c1-20(19(22)23)11-12-21(14-20)13-15-7-9-16(10-8-15)17-5-3-4-6-18(17)24-2/h3-10H,11-14H2,1-2H3,(H,22,23). The molecule has 126 valence electrons. The lowest BCUT2D eigenvalue weighted by atomic mass is 9.90. The fraction of sp³-hybridized carbons (Fsp3) is 0.350. The number of para-hydroxylation sites is 1. The summed E-state index contributed by atoms with van der Waals surface area (Å²) in [4.78, 5) is 13.6. The van der Waals surface area contributed by atoms with Crippen molar-refractivity contribution in [2.24, 2.45) is 5.41 Å². The van der Waals surface area contributed by atoms with Crippen LogP contribution in [-0.2, 0) is 11.3 Å². The topological polar surface area (TPSA) is 49.8 Å². The minimum atomic E-state index is -0.698. The molecule has 1 atom stereocenters. The first kappa shape index (κ1) is 16.5. The van der Waals surface area contributed by atoms with Crippen LogP contribution in [0.3, 0.4) is 0 Å². The average molecular weight is 325 g/mol. The lowest BCUT2D eigenvalue weighted by molar-refractivity contribution is -0.147. The van der Waals surface area contributed by atoms with Crippen LogP contribution in [0.5, 0.6) is 5.75 Å². The summed E-state index contributed by atoms with van der Waals surface area (Å²) in [6.07, 6.45) is 0.710. The summed E-state index contributed by atoms with van der Waals surface area (Å²) >= 11 is 0. The highest BCUT2D eigenvalue weighted by molar-refractivity contribution is 5.75. The zero-order chi connectivity index (χ0) is 17.2. The first-order valence-corrected chi connectivity index (χ1v) is 8.20. The van der Waals surface area contributed by atoms with Crippen LogP contribution in [0.1, 0.15) is 18.9 Å². The monoisotopic (exact) mass is 325 g/mol. The molecule has 1 unspecified atom stereocenters. The first-order chi connectivity index (χ1) is 11.5. The second-order valence-corrected chi connectivity index (χ2v) is 6.72. The highest BCUT2D eigenvalue weighted by Gasteiger charge is 2.40. The molecular formula is C20H23NO3. The molecule has 0 saturated carbocycles. The maximum atomic E-state index is 11.3. The molecule has 24 heavy (non-hydrogen) atoms.